The molecular weight excluding hydrogens is 759 g/mol. The number of anilines is 3. The van der Waals surface area contributed by atoms with E-state index in [1.807, 2.05) is 62.4 Å². The van der Waals surface area contributed by atoms with Crippen molar-refractivity contribution in [3.8, 4) is 11.1 Å². The van der Waals surface area contributed by atoms with Gasteiger partial charge in [0.15, 0.2) is 0 Å². The lowest BCUT2D eigenvalue weighted by Crippen LogP contribution is -2.47. The van der Waals surface area contributed by atoms with Crippen molar-refractivity contribution in [3.63, 3.8) is 0 Å². The van der Waals surface area contributed by atoms with Gasteiger partial charge in [-0.05, 0) is 73.4 Å². The number of carbonyl (C=O) groups excluding carboxylic acids is 2. The molecule has 4 heterocycles. The SMILES string of the molecule is CC.C[C@@](Cc1ccc(-c2cncnc2)cc1)(C(=O)Nc1cc(Cl)cc(Cl)c1)n1cncc1S(=O)N1CCC[C@H]1C(=O)Nc1ccc(N2CCOCC2)cc1. The van der Waals surface area contributed by atoms with Crippen LogP contribution < -0.4 is 15.5 Å². The Morgan fingerprint density at radius 2 is 1.53 bits per heavy atom. The van der Waals surface area contributed by atoms with E-state index in [0.717, 1.165) is 35.5 Å². The molecule has 0 aliphatic carbocycles. The Labute approximate surface area is 333 Å². The number of benzene rings is 3. The van der Waals surface area contributed by atoms with Gasteiger partial charge in [-0.2, -0.15) is 0 Å². The Kier molecular flexibility index (Phi) is 13.3. The molecule has 288 valence electrons. The first-order chi connectivity index (χ1) is 26.7. The average Bonchev–Trinajstić information content (AvgIpc) is 3.91. The Balaban J connectivity index is 0.00000253. The van der Waals surface area contributed by atoms with E-state index in [1.54, 1.807) is 46.4 Å². The molecule has 2 aliphatic rings. The molecule has 55 heavy (non-hydrogen) atoms. The smallest absolute Gasteiger partial charge is 0.250 e. The van der Waals surface area contributed by atoms with Gasteiger partial charge in [0.25, 0.3) is 5.91 Å². The fourth-order valence-corrected chi connectivity index (χ4v) is 8.79. The van der Waals surface area contributed by atoms with Gasteiger partial charge in [0.1, 0.15) is 33.9 Å². The van der Waals surface area contributed by atoms with Crippen LogP contribution in [0.3, 0.4) is 0 Å². The molecule has 0 radical (unpaired) electrons. The van der Waals surface area contributed by atoms with E-state index < -0.39 is 28.5 Å². The maximum absolute atomic E-state index is 14.5. The highest BCUT2D eigenvalue weighted by Gasteiger charge is 2.41. The summed E-state index contributed by atoms with van der Waals surface area (Å²) in [5, 5.41) is 7.01. The van der Waals surface area contributed by atoms with E-state index in [2.05, 4.69) is 30.5 Å². The van der Waals surface area contributed by atoms with Crippen LogP contribution in [0.25, 0.3) is 11.1 Å². The third-order valence-electron chi connectivity index (χ3n) is 9.55. The molecule has 2 fully saturated rings. The normalized spacial score (nSPS) is 17.4. The van der Waals surface area contributed by atoms with Crippen LogP contribution in [0.2, 0.25) is 10.0 Å². The number of amides is 2. The van der Waals surface area contributed by atoms with Gasteiger partial charge < -0.3 is 24.8 Å². The molecule has 3 atom stereocenters. The van der Waals surface area contributed by atoms with Gasteiger partial charge in [-0.25, -0.2) is 23.5 Å². The topological polar surface area (TPSA) is 135 Å². The second kappa shape index (κ2) is 18.3. The lowest BCUT2D eigenvalue weighted by atomic mass is 9.90. The summed E-state index contributed by atoms with van der Waals surface area (Å²) in [5.41, 5.74) is 3.42. The molecule has 5 aromatic rings. The van der Waals surface area contributed by atoms with Crippen molar-refractivity contribution in [3.05, 3.63) is 114 Å². The van der Waals surface area contributed by atoms with E-state index in [4.69, 9.17) is 27.9 Å². The zero-order valence-electron chi connectivity index (χ0n) is 31.0. The summed E-state index contributed by atoms with van der Waals surface area (Å²) in [4.78, 5) is 42.9. The number of ether oxygens (including phenoxy) is 1. The minimum atomic E-state index is -1.84. The maximum atomic E-state index is 14.5. The summed E-state index contributed by atoms with van der Waals surface area (Å²) in [6.45, 7) is 9.20. The van der Waals surface area contributed by atoms with E-state index in [1.165, 1.54) is 18.9 Å². The van der Waals surface area contributed by atoms with Crippen LogP contribution in [0.4, 0.5) is 17.1 Å². The molecule has 2 amide bonds. The number of aromatic nitrogens is 4. The van der Waals surface area contributed by atoms with Crippen molar-refractivity contribution in [1.29, 1.82) is 0 Å². The molecule has 0 spiro atoms. The van der Waals surface area contributed by atoms with Crippen molar-refractivity contribution in [2.24, 2.45) is 0 Å². The molecule has 1 unspecified atom stereocenters. The van der Waals surface area contributed by atoms with Crippen LogP contribution in [0.5, 0.6) is 0 Å². The lowest BCUT2D eigenvalue weighted by molar-refractivity contribution is -0.124. The second-order valence-electron chi connectivity index (χ2n) is 13.2. The number of carbonyl (C=O) groups is 2. The number of halogens is 2. The maximum Gasteiger partial charge on any atom is 0.250 e. The first-order valence-corrected chi connectivity index (χ1v) is 20.1. The highest BCUT2D eigenvalue weighted by atomic mass is 35.5. The largest absolute Gasteiger partial charge is 0.378 e. The average molecular weight is 804 g/mol. The molecular formula is C40H44Cl2N8O4S. The van der Waals surface area contributed by atoms with E-state index in [9.17, 15) is 13.8 Å². The predicted octanol–water partition coefficient (Wildman–Crippen LogP) is 7.23. The van der Waals surface area contributed by atoms with Crippen molar-refractivity contribution < 1.29 is 18.5 Å². The third kappa shape index (κ3) is 9.42. The first-order valence-electron chi connectivity index (χ1n) is 18.2. The second-order valence-corrected chi connectivity index (χ2v) is 15.4. The zero-order valence-corrected chi connectivity index (χ0v) is 33.3. The Morgan fingerprint density at radius 1 is 0.855 bits per heavy atom. The van der Waals surface area contributed by atoms with Crippen molar-refractivity contribution >= 4 is 63.1 Å². The van der Waals surface area contributed by atoms with Gasteiger partial charge in [-0.1, -0.05) is 61.3 Å². The number of nitrogens with zero attached hydrogens (tertiary/aromatic N) is 6. The number of imidazole rings is 1. The fourth-order valence-electron chi connectivity index (χ4n) is 6.73. The molecule has 2 aliphatic heterocycles. The Bertz CT molecular complexity index is 2080. The first kappa shape index (κ1) is 40.0. The van der Waals surface area contributed by atoms with Crippen LogP contribution in [-0.4, -0.2) is 78.7 Å². The zero-order chi connectivity index (χ0) is 39.0. The van der Waals surface area contributed by atoms with Crippen LogP contribution >= 0.6 is 23.2 Å². The van der Waals surface area contributed by atoms with Gasteiger partial charge in [-0.15, -0.1) is 0 Å². The minimum absolute atomic E-state index is 0.212. The van der Waals surface area contributed by atoms with Crippen LogP contribution in [0.1, 0.15) is 39.2 Å². The molecule has 3 aromatic carbocycles. The molecule has 15 heteroatoms. The van der Waals surface area contributed by atoms with Crippen molar-refractivity contribution in [2.45, 2.75) is 56.6 Å². The van der Waals surface area contributed by atoms with Crippen LogP contribution in [0, 0.1) is 0 Å². The molecule has 12 nitrogen and oxygen atoms in total. The number of nitrogens with one attached hydrogen (secondary N) is 2. The highest BCUT2D eigenvalue weighted by molar-refractivity contribution is 7.82. The van der Waals surface area contributed by atoms with Gasteiger partial charge in [-0.3, -0.25) is 9.59 Å². The van der Waals surface area contributed by atoms with Crippen LogP contribution in [0.15, 0.2) is 103 Å². The van der Waals surface area contributed by atoms with Crippen molar-refractivity contribution in [2.75, 3.05) is 48.4 Å². The standard InChI is InChI=1S/C38H38Cl2N8O4S.C2H6/c1-38(37(50)45-32-18-29(39)17-30(40)19-32,20-26-4-6-27(7-5-26)28-21-41-24-42-22-28)47-25-43-23-35(47)53(51)48-12-2-3-34(48)36(49)44-31-8-10-33(11-9-31)46-13-15-52-16-14-46;1-2/h4-11,17-19,21-25,34H,2-3,12-16,20H2,1H3,(H,44,49)(H,45,50);1-2H3/t34-,38+,53?;/m0./s1. The minimum Gasteiger partial charge on any atom is -0.378 e. The number of hydrogen-bond acceptors (Lipinski definition) is 8. The summed E-state index contributed by atoms with van der Waals surface area (Å²) in [5.74, 6) is -0.646. The van der Waals surface area contributed by atoms with Gasteiger partial charge >= 0.3 is 0 Å². The lowest BCUT2D eigenvalue weighted by Gasteiger charge is -2.33. The third-order valence-corrected chi connectivity index (χ3v) is 11.5. The highest BCUT2D eigenvalue weighted by Crippen LogP contribution is 2.32. The number of rotatable bonds is 11. The van der Waals surface area contributed by atoms with Crippen molar-refractivity contribution in [1.82, 2.24) is 23.8 Å². The fraction of sp³-hybridized carbons (Fsp3) is 0.325. The summed E-state index contributed by atoms with van der Waals surface area (Å²) in [7, 11) is -1.84. The molecule has 7 rings (SSSR count). The predicted molar refractivity (Wildman–Crippen MR) is 218 cm³/mol. The molecule has 0 bridgehead atoms. The van der Waals surface area contributed by atoms with Gasteiger partial charge in [0.05, 0.1) is 25.7 Å². The molecule has 2 saturated heterocycles. The summed E-state index contributed by atoms with van der Waals surface area (Å²) in [6, 6.07) is 19.6. The van der Waals surface area contributed by atoms with E-state index in [0.29, 0.717) is 59.0 Å². The van der Waals surface area contributed by atoms with E-state index in [-0.39, 0.29) is 12.3 Å². The molecule has 0 saturated carbocycles. The summed E-state index contributed by atoms with van der Waals surface area (Å²) < 4.78 is 23.3. The summed E-state index contributed by atoms with van der Waals surface area (Å²) >= 11 is 12.5. The number of morpholine rings is 1. The quantitative estimate of drug-likeness (QED) is 0.143. The molecule has 2 N–H and O–H groups in total. The van der Waals surface area contributed by atoms with E-state index >= 15 is 0 Å². The van der Waals surface area contributed by atoms with Gasteiger partial charge in [0, 0.05) is 71.1 Å². The Hall–Kier alpha value is -4.66. The molecule has 2 aromatic heterocycles. The number of hydrogen-bond donors (Lipinski definition) is 2. The van der Waals surface area contributed by atoms with Gasteiger partial charge in [0.2, 0.25) is 5.91 Å². The van der Waals surface area contributed by atoms with Crippen LogP contribution in [-0.2, 0) is 37.3 Å². The monoisotopic (exact) mass is 802 g/mol. The Morgan fingerprint density at radius 3 is 2.20 bits per heavy atom. The summed E-state index contributed by atoms with van der Waals surface area (Å²) in [6.07, 6.45) is 9.37.